The molecule has 0 bridgehead atoms. The third-order valence-electron chi connectivity index (χ3n) is 4.65. The van der Waals surface area contributed by atoms with Gasteiger partial charge in [-0.25, -0.2) is 0 Å². The number of halogens is 1. The molecule has 2 fully saturated rings. The molecular weight excluding hydrogens is 298 g/mol. The van der Waals surface area contributed by atoms with Crippen LogP contribution in [0, 0.1) is 0 Å². The number of rotatable bonds is 4. The van der Waals surface area contributed by atoms with Gasteiger partial charge in [0.1, 0.15) is 0 Å². The van der Waals surface area contributed by atoms with Crippen LogP contribution >= 0.6 is 11.6 Å². The number of nitrogens with one attached hydrogen (secondary N) is 2. The number of benzene rings is 1. The molecule has 2 N–H and O–H groups in total. The zero-order valence-corrected chi connectivity index (χ0v) is 13.6. The van der Waals surface area contributed by atoms with E-state index in [-0.39, 0.29) is 11.9 Å². The first-order valence-electron chi connectivity index (χ1n) is 8.22. The molecule has 1 saturated carbocycles. The number of carbonyl (C=O) groups is 1. The summed E-state index contributed by atoms with van der Waals surface area (Å²) in [5.74, 6) is 0.154. The van der Waals surface area contributed by atoms with Gasteiger partial charge in [0.2, 0.25) is 5.91 Å². The van der Waals surface area contributed by atoms with Gasteiger partial charge in [0.15, 0.2) is 0 Å². The molecule has 1 unspecified atom stereocenters. The highest BCUT2D eigenvalue weighted by molar-refractivity contribution is 6.30. The van der Waals surface area contributed by atoms with Crippen LogP contribution in [0.4, 0.5) is 0 Å². The summed E-state index contributed by atoms with van der Waals surface area (Å²) in [6.07, 6.45) is 4.74. The number of amides is 1. The van der Waals surface area contributed by atoms with Crippen LogP contribution in [0.3, 0.4) is 0 Å². The Balaban J connectivity index is 1.63. The Morgan fingerprint density at radius 2 is 2.18 bits per heavy atom. The summed E-state index contributed by atoms with van der Waals surface area (Å²) in [6.45, 7) is 3.13. The van der Waals surface area contributed by atoms with E-state index in [1.54, 1.807) is 0 Å². The van der Waals surface area contributed by atoms with Crippen molar-refractivity contribution in [2.45, 2.75) is 37.8 Å². The number of hydrogen-bond donors (Lipinski definition) is 2. The molecule has 1 heterocycles. The minimum absolute atomic E-state index is 0.154. The lowest BCUT2D eigenvalue weighted by molar-refractivity contribution is -0.123. The Kier molecular flexibility index (Phi) is 5.34. The van der Waals surface area contributed by atoms with Crippen LogP contribution in [0.25, 0.3) is 0 Å². The van der Waals surface area contributed by atoms with E-state index in [2.05, 4.69) is 21.6 Å². The van der Waals surface area contributed by atoms with Crippen molar-refractivity contribution in [1.29, 1.82) is 0 Å². The van der Waals surface area contributed by atoms with Crippen LogP contribution in [0.5, 0.6) is 0 Å². The number of carbonyl (C=O) groups excluding carboxylic acids is 1. The molecule has 1 aliphatic heterocycles. The van der Waals surface area contributed by atoms with Crippen molar-refractivity contribution in [1.82, 2.24) is 15.5 Å². The van der Waals surface area contributed by atoms with E-state index in [0.717, 1.165) is 37.5 Å². The Morgan fingerprint density at radius 3 is 2.95 bits per heavy atom. The second kappa shape index (κ2) is 7.44. The second-order valence-electron chi connectivity index (χ2n) is 6.29. The van der Waals surface area contributed by atoms with Crippen molar-refractivity contribution in [3.05, 3.63) is 34.9 Å². The summed E-state index contributed by atoms with van der Waals surface area (Å²) in [4.78, 5) is 14.6. The molecule has 120 valence electrons. The van der Waals surface area contributed by atoms with Crippen molar-refractivity contribution in [2.75, 3.05) is 26.2 Å². The van der Waals surface area contributed by atoms with Gasteiger partial charge in [-0.1, -0.05) is 36.6 Å². The molecule has 0 spiro atoms. The number of piperazine rings is 1. The Hall–Kier alpha value is -1.10. The smallest absolute Gasteiger partial charge is 0.234 e. The normalized spacial score (nSPS) is 23.6. The summed E-state index contributed by atoms with van der Waals surface area (Å²) in [5, 5.41) is 7.34. The van der Waals surface area contributed by atoms with Crippen molar-refractivity contribution in [3.8, 4) is 0 Å². The lowest BCUT2D eigenvalue weighted by Gasteiger charge is -2.36. The van der Waals surface area contributed by atoms with Crippen molar-refractivity contribution < 1.29 is 4.79 Å². The first-order chi connectivity index (χ1) is 10.7. The molecule has 3 rings (SSSR count). The lowest BCUT2D eigenvalue weighted by atomic mass is 10.0. The fourth-order valence-corrected chi connectivity index (χ4v) is 3.70. The predicted molar refractivity (Wildman–Crippen MR) is 89.0 cm³/mol. The first kappa shape index (κ1) is 15.8. The van der Waals surface area contributed by atoms with E-state index in [0.29, 0.717) is 12.6 Å². The highest BCUT2D eigenvalue weighted by Gasteiger charge is 2.26. The third-order valence-corrected chi connectivity index (χ3v) is 4.89. The Morgan fingerprint density at radius 1 is 1.36 bits per heavy atom. The molecule has 1 aliphatic carbocycles. The molecule has 22 heavy (non-hydrogen) atoms. The standard InChI is InChI=1S/C17H24ClN3O/c18-14-5-3-4-13(10-14)16-11-19-8-9-21(16)12-17(22)20-15-6-1-2-7-15/h3-5,10,15-16,19H,1-2,6-9,11-12H2,(H,20,22). The van der Waals surface area contributed by atoms with Gasteiger partial charge in [-0.3, -0.25) is 9.69 Å². The van der Waals surface area contributed by atoms with Crippen LogP contribution in [0.15, 0.2) is 24.3 Å². The van der Waals surface area contributed by atoms with E-state index in [1.165, 1.54) is 18.4 Å². The molecule has 2 aliphatic rings. The monoisotopic (exact) mass is 321 g/mol. The van der Waals surface area contributed by atoms with Crippen LogP contribution in [-0.4, -0.2) is 43.0 Å². The zero-order chi connectivity index (χ0) is 15.4. The molecule has 1 saturated heterocycles. The number of nitrogens with zero attached hydrogens (tertiary/aromatic N) is 1. The largest absolute Gasteiger partial charge is 0.352 e. The average Bonchev–Trinajstić information content (AvgIpc) is 3.00. The molecule has 4 nitrogen and oxygen atoms in total. The maximum atomic E-state index is 12.3. The SMILES string of the molecule is O=C(CN1CCNCC1c1cccc(Cl)c1)NC1CCCC1. The van der Waals surface area contributed by atoms with Gasteiger partial charge < -0.3 is 10.6 Å². The van der Waals surface area contributed by atoms with E-state index >= 15 is 0 Å². The van der Waals surface area contributed by atoms with E-state index in [1.807, 2.05) is 18.2 Å². The fraction of sp³-hybridized carbons (Fsp3) is 0.588. The molecule has 0 radical (unpaired) electrons. The summed E-state index contributed by atoms with van der Waals surface area (Å²) in [7, 11) is 0. The Labute approximate surface area is 137 Å². The third kappa shape index (κ3) is 4.00. The molecule has 0 aromatic heterocycles. The molecule has 5 heteroatoms. The maximum Gasteiger partial charge on any atom is 0.234 e. The topological polar surface area (TPSA) is 44.4 Å². The van der Waals surface area contributed by atoms with Gasteiger partial charge in [-0.05, 0) is 30.5 Å². The molecule has 1 aromatic carbocycles. The van der Waals surface area contributed by atoms with Crippen LogP contribution in [0.2, 0.25) is 5.02 Å². The fourth-order valence-electron chi connectivity index (χ4n) is 3.51. The highest BCUT2D eigenvalue weighted by atomic mass is 35.5. The van der Waals surface area contributed by atoms with E-state index in [4.69, 9.17) is 11.6 Å². The van der Waals surface area contributed by atoms with Crippen LogP contribution in [0.1, 0.15) is 37.3 Å². The van der Waals surface area contributed by atoms with Gasteiger partial charge in [0.25, 0.3) is 0 Å². The van der Waals surface area contributed by atoms with E-state index < -0.39 is 0 Å². The second-order valence-corrected chi connectivity index (χ2v) is 6.73. The van der Waals surface area contributed by atoms with Crippen molar-refractivity contribution in [3.63, 3.8) is 0 Å². The molecule has 1 aromatic rings. The summed E-state index contributed by atoms with van der Waals surface area (Å²) in [5.41, 5.74) is 1.17. The summed E-state index contributed by atoms with van der Waals surface area (Å²) >= 11 is 6.11. The van der Waals surface area contributed by atoms with Gasteiger partial charge in [0, 0.05) is 36.7 Å². The highest BCUT2D eigenvalue weighted by Crippen LogP contribution is 2.24. The quantitative estimate of drug-likeness (QED) is 0.894. The maximum absolute atomic E-state index is 12.3. The van der Waals surface area contributed by atoms with Crippen molar-refractivity contribution >= 4 is 17.5 Å². The summed E-state index contributed by atoms with van der Waals surface area (Å²) < 4.78 is 0. The van der Waals surface area contributed by atoms with Gasteiger partial charge in [-0.15, -0.1) is 0 Å². The van der Waals surface area contributed by atoms with Crippen LogP contribution < -0.4 is 10.6 Å². The molecular formula is C17H24ClN3O. The van der Waals surface area contributed by atoms with Crippen LogP contribution in [-0.2, 0) is 4.79 Å². The summed E-state index contributed by atoms with van der Waals surface area (Å²) in [6, 6.07) is 8.55. The number of hydrogen-bond acceptors (Lipinski definition) is 3. The molecule has 1 amide bonds. The van der Waals surface area contributed by atoms with Gasteiger partial charge in [-0.2, -0.15) is 0 Å². The first-order valence-corrected chi connectivity index (χ1v) is 8.60. The minimum atomic E-state index is 0.154. The lowest BCUT2D eigenvalue weighted by Crippen LogP contribution is -2.50. The minimum Gasteiger partial charge on any atom is -0.352 e. The van der Waals surface area contributed by atoms with Crippen molar-refractivity contribution in [2.24, 2.45) is 0 Å². The zero-order valence-electron chi connectivity index (χ0n) is 12.9. The van der Waals surface area contributed by atoms with Gasteiger partial charge >= 0.3 is 0 Å². The van der Waals surface area contributed by atoms with E-state index in [9.17, 15) is 4.79 Å². The van der Waals surface area contributed by atoms with Gasteiger partial charge in [0.05, 0.1) is 6.54 Å². The predicted octanol–water partition coefficient (Wildman–Crippen LogP) is 2.35. The molecule has 1 atom stereocenters. The average molecular weight is 322 g/mol. The Bertz CT molecular complexity index is 516.